The Morgan fingerprint density at radius 1 is 1.09 bits per heavy atom. The Bertz CT molecular complexity index is 1380. The van der Waals surface area contributed by atoms with Crippen molar-refractivity contribution in [3.8, 4) is 0 Å². The summed E-state index contributed by atoms with van der Waals surface area (Å²) >= 11 is 0. The van der Waals surface area contributed by atoms with Gasteiger partial charge in [-0.3, -0.25) is 14.4 Å². The Morgan fingerprint density at radius 3 is 2.45 bits per heavy atom. The summed E-state index contributed by atoms with van der Waals surface area (Å²) in [6, 6.07) is 7.44. The van der Waals surface area contributed by atoms with Crippen LogP contribution in [0.15, 0.2) is 35.9 Å². The Labute approximate surface area is 259 Å². The van der Waals surface area contributed by atoms with Crippen LogP contribution in [0.2, 0.25) is 0 Å². The summed E-state index contributed by atoms with van der Waals surface area (Å²) in [6.45, 7) is 12.7. The first kappa shape index (κ1) is 33.2. The number of rotatable bonds is 10. The number of aryl methyl sites for hydroxylation is 1. The number of carbonyl (C=O) groups excluding carboxylic acids is 4. The maximum Gasteiger partial charge on any atom is 0.410 e. The molecule has 0 aliphatic carbocycles. The number of primary amides is 1. The number of ketones is 1. The number of amides is 3. The van der Waals surface area contributed by atoms with Gasteiger partial charge in [-0.05, 0) is 70.1 Å². The van der Waals surface area contributed by atoms with Crippen LogP contribution >= 0.6 is 0 Å². The van der Waals surface area contributed by atoms with E-state index in [1.165, 1.54) is 0 Å². The molecule has 3 amide bonds. The predicted octanol–water partition coefficient (Wildman–Crippen LogP) is 4.19. The number of fused-ring (bicyclic) bond motifs is 1. The van der Waals surface area contributed by atoms with E-state index in [-0.39, 0.29) is 48.2 Å². The zero-order chi connectivity index (χ0) is 32.0. The van der Waals surface area contributed by atoms with Gasteiger partial charge in [0, 0.05) is 39.1 Å². The highest BCUT2D eigenvalue weighted by atomic mass is 16.6. The van der Waals surface area contributed by atoms with E-state index >= 15 is 0 Å². The van der Waals surface area contributed by atoms with Crippen LogP contribution in [0.4, 0.5) is 4.79 Å². The Morgan fingerprint density at radius 2 is 1.80 bits per heavy atom. The zero-order valence-corrected chi connectivity index (χ0v) is 26.7. The van der Waals surface area contributed by atoms with Gasteiger partial charge < -0.3 is 29.6 Å². The minimum atomic E-state index is -0.664. The van der Waals surface area contributed by atoms with Gasteiger partial charge in [-0.15, -0.1) is 0 Å². The molecule has 44 heavy (non-hydrogen) atoms. The van der Waals surface area contributed by atoms with Crippen molar-refractivity contribution in [2.75, 3.05) is 39.4 Å². The van der Waals surface area contributed by atoms with Crippen molar-refractivity contribution in [2.45, 2.75) is 72.4 Å². The molecule has 11 nitrogen and oxygen atoms in total. The maximum atomic E-state index is 13.8. The standard InChI is InChI=1S/C33H47N5O6/c1-22(2)16-23(19-28(39)30-35-26-8-6-7-9-27(26)38(30)11-10-29(34)40)17-24-18-25(31(41)36-12-14-43-15-13-36)21-37(20-24)32(42)44-33(3,4)5/h6-9,19,22,24-25H,10-18,20-21H2,1-5H3,(H2,34,40)/b23-19+/t24?,25-/m1/s1. The van der Waals surface area contributed by atoms with Gasteiger partial charge in [-0.1, -0.05) is 31.6 Å². The lowest BCUT2D eigenvalue weighted by atomic mass is 9.82. The van der Waals surface area contributed by atoms with Crippen molar-refractivity contribution in [3.05, 3.63) is 41.7 Å². The lowest BCUT2D eigenvalue weighted by molar-refractivity contribution is -0.142. The van der Waals surface area contributed by atoms with Crippen LogP contribution in [-0.2, 0) is 25.6 Å². The van der Waals surface area contributed by atoms with E-state index in [4.69, 9.17) is 15.2 Å². The van der Waals surface area contributed by atoms with E-state index in [0.29, 0.717) is 64.2 Å². The van der Waals surface area contributed by atoms with E-state index in [1.54, 1.807) is 15.5 Å². The van der Waals surface area contributed by atoms with Gasteiger partial charge >= 0.3 is 6.09 Å². The molecule has 2 aliphatic heterocycles. The van der Waals surface area contributed by atoms with Crippen molar-refractivity contribution in [3.63, 3.8) is 0 Å². The Balaban J connectivity index is 1.61. The van der Waals surface area contributed by atoms with Gasteiger partial charge in [0.25, 0.3) is 0 Å². The number of morpholine rings is 1. The molecule has 2 atom stereocenters. The van der Waals surface area contributed by atoms with Crippen LogP contribution in [0.1, 0.15) is 70.9 Å². The van der Waals surface area contributed by atoms with Crippen molar-refractivity contribution in [1.82, 2.24) is 19.4 Å². The molecule has 3 heterocycles. The lowest BCUT2D eigenvalue weighted by Crippen LogP contribution is -2.52. The molecule has 0 radical (unpaired) electrons. The zero-order valence-electron chi connectivity index (χ0n) is 26.7. The van der Waals surface area contributed by atoms with E-state index in [2.05, 4.69) is 18.8 Å². The number of nitrogens with two attached hydrogens (primary N) is 1. The molecule has 2 N–H and O–H groups in total. The van der Waals surface area contributed by atoms with Gasteiger partial charge in [0.2, 0.25) is 17.6 Å². The second-order valence-corrected chi connectivity index (χ2v) is 13.4. The summed E-state index contributed by atoms with van der Waals surface area (Å²) in [6.07, 6.45) is 3.15. The number of aromatic nitrogens is 2. The molecule has 2 aliphatic rings. The Hall–Kier alpha value is -3.73. The van der Waals surface area contributed by atoms with Crippen LogP contribution in [-0.4, -0.2) is 88.0 Å². The molecule has 1 aromatic heterocycles. The summed E-state index contributed by atoms with van der Waals surface area (Å²) in [4.78, 5) is 60.3. The first-order valence-electron chi connectivity index (χ1n) is 15.6. The number of piperidine rings is 1. The highest BCUT2D eigenvalue weighted by Gasteiger charge is 2.38. The van der Waals surface area contributed by atoms with E-state index in [0.717, 1.165) is 11.1 Å². The highest BCUT2D eigenvalue weighted by molar-refractivity contribution is 6.04. The fourth-order valence-electron chi connectivity index (χ4n) is 6.11. The number of para-hydroxylation sites is 2. The molecule has 1 unspecified atom stereocenters. The number of benzene rings is 1. The number of ether oxygens (including phenoxy) is 2. The molecule has 2 fully saturated rings. The monoisotopic (exact) mass is 609 g/mol. The highest BCUT2D eigenvalue weighted by Crippen LogP contribution is 2.32. The molecular weight excluding hydrogens is 562 g/mol. The molecule has 11 heteroatoms. The molecule has 4 rings (SSSR count). The molecule has 2 aromatic rings. The molecule has 2 saturated heterocycles. The maximum absolute atomic E-state index is 13.8. The quantitative estimate of drug-likeness (QED) is 0.315. The third-order valence-corrected chi connectivity index (χ3v) is 7.87. The fourth-order valence-corrected chi connectivity index (χ4v) is 6.11. The van der Waals surface area contributed by atoms with Gasteiger partial charge in [-0.2, -0.15) is 0 Å². The van der Waals surface area contributed by atoms with Crippen LogP contribution in [0.5, 0.6) is 0 Å². The minimum Gasteiger partial charge on any atom is -0.444 e. The van der Waals surface area contributed by atoms with Crippen LogP contribution in [0.25, 0.3) is 11.0 Å². The van der Waals surface area contributed by atoms with Gasteiger partial charge in [0.1, 0.15) is 5.60 Å². The first-order chi connectivity index (χ1) is 20.8. The second-order valence-electron chi connectivity index (χ2n) is 13.4. The number of likely N-dealkylation sites (tertiary alicyclic amines) is 1. The molecule has 0 saturated carbocycles. The van der Waals surface area contributed by atoms with Crippen LogP contribution in [0, 0.1) is 17.8 Å². The summed E-state index contributed by atoms with van der Waals surface area (Å²) in [5.74, 6) is -0.550. The van der Waals surface area contributed by atoms with Crippen molar-refractivity contribution in [2.24, 2.45) is 23.5 Å². The minimum absolute atomic E-state index is 0.0280. The number of carbonyl (C=O) groups is 4. The third kappa shape index (κ3) is 8.90. The Kier molecular flexibility index (Phi) is 10.8. The largest absolute Gasteiger partial charge is 0.444 e. The molecule has 0 spiro atoms. The normalized spacial score (nSPS) is 19.8. The van der Waals surface area contributed by atoms with E-state index < -0.39 is 17.6 Å². The molecule has 1 aromatic carbocycles. The lowest BCUT2D eigenvalue weighted by Gasteiger charge is -2.40. The topological polar surface area (TPSA) is 137 Å². The summed E-state index contributed by atoms with van der Waals surface area (Å²) < 4.78 is 12.9. The third-order valence-electron chi connectivity index (χ3n) is 7.87. The fraction of sp³-hybridized carbons (Fsp3) is 0.606. The van der Waals surface area contributed by atoms with Crippen LogP contribution in [0.3, 0.4) is 0 Å². The number of hydrogen-bond acceptors (Lipinski definition) is 7. The van der Waals surface area contributed by atoms with Gasteiger partial charge in [0.05, 0.1) is 30.2 Å². The SMILES string of the molecule is CC(C)C/C(=C\C(=O)c1nc2ccccc2n1CCC(N)=O)CC1C[C@@H](C(=O)N2CCOCC2)CN(C(=O)OC(C)(C)C)C1. The van der Waals surface area contributed by atoms with Crippen molar-refractivity contribution >= 4 is 34.7 Å². The molecular formula is C33H47N5O6. The number of nitrogens with zero attached hydrogens (tertiary/aromatic N) is 4. The van der Waals surface area contributed by atoms with Gasteiger partial charge in [0.15, 0.2) is 5.82 Å². The second kappa shape index (κ2) is 14.4. The average Bonchev–Trinajstić information content (AvgIpc) is 3.33. The first-order valence-corrected chi connectivity index (χ1v) is 15.6. The number of hydrogen-bond donors (Lipinski definition) is 1. The molecule has 240 valence electrons. The van der Waals surface area contributed by atoms with Crippen molar-refractivity contribution in [1.29, 1.82) is 0 Å². The number of allylic oxidation sites excluding steroid dienone is 2. The van der Waals surface area contributed by atoms with Crippen molar-refractivity contribution < 1.29 is 28.7 Å². The number of imidazole rings is 1. The summed E-state index contributed by atoms with van der Waals surface area (Å²) in [5.41, 5.74) is 7.13. The van der Waals surface area contributed by atoms with Gasteiger partial charge in [-0.25, -0.2) is 9.78 Å². The van der Waals surface area contributed by atoms with E-state index in [1.807, 2.05) is 49.9 Å². The van der Waals surface area contributed by atoms with Crippen LogP contribution < -0.4 is 5.73 Å². The smallest absolute Gasteiger partial charge is 0.410 e. The average molecular weight is 610 g/mol. The molecule has 0 bridgehead atoms. The summed E-state index contributed by atoms with van der Waals surface area (Å²) in [5, 5.41) is 0. The predicted molar refractivity (Wildman–Crippen MR) is 167 cm³/mol. The van der Waals surface area contributed by atoms with E-state index in [9.17, 15) is 19.2 Å². The summed E-state index contributed by atoms with van der Waals surface area (Å²) in [7, 11) is 0.